The molecule has 2 nitrogen and oxygen atoms in total. The first-order valence-electron chi connectivity index (χ1n) is 6.92. The quantitative estimate of drug-likeness (QED) is 0.895. The van der Waals surface area contributed by atoms with E-state index in [0.29, 0.717) is 6.04 Å². The highest BCUT2D eigenvalue weighted by Gasteiger charge is 2.23. The smallest absolute Gasteiger partial charge is 0.0702 e. The van der Waals surface area contributed by atoms with E-state index in [0.717, 1.165) is 29.2 Å². The number of anilines is 1. The van der Waals surface area contributed by atoms with Gasteiger partial charge in [-0.2, -0.15) is 0 Å². The Labute approximate surface area is 115 Å². The molecule has 1 unspecified atom stereocenters. The summed E-state index contributed by atoms with van der Waals surface area (Å²) in [4.78, 5) is 2.42. The standard InChI is InChI=1S/C15H22ClNO/c1-2-13-8-4-3-5-10-17(13)15-12(11-18)7-6-9-14(15)16/h6-7,9,13,18H,2-5,8,10-11H2,1H3. The van der Waals surface area contributed by atoms with Crippen molar-refractivity contribution < 1.29 is 5.11 Å². The van der Waals surface area contributed by atoms with Crippen LogP contribution in [0.1, 0.15) is 44.6 Å². The van der Waals surface area contributed by atoms with Crippen LogP contribution < -0.4 is 4.90 Å². The normalized spacial score (nSPS) is 20.8. The average Bonchev–Trinajstić information content (AvgIpc) is 2.63. The Morgan fingerprint density at radius 1 is 1.33 bits per heavy atom. The minimum atomic E-state index is 0.0584. The van der Waals surface area contributed by atoms with Crippen molar-refractivity contribution in [1.29, 1.82) is 0 Å². The van der Waals surface area contributed by atoms with Gasteiger partial charge in [-0.1, -0.05) is 43.5 Å². The molecule has 1 atom stereocenters. The molecule has 1 aromatic carbocycles. The summed E-state index contributed by atoms with van der Waals surface area (Å²) in [5, 5.41) is 10.3. The van der Waals surface area contributed by atoms with Gasteiger partial charge in [0.2, 0.25) is 0 Å². The Morgan fingerprint density at radius 2 is 2.17 bits per heavy atom. The van der Waals surface area contributed by atoms with Crippen molar-refractivity contribution in [2.45, 2.75) is 51.7 Å². The molecular weight excluding hydrogens is 246 g/mol. The minimum absolute atomic E-state index is 0.0584. The molecule has 1 N–H and O–H groups in total. The van der Waals surface area contributed by atoms with E-state index in [9.17, 15) is 5.11 Å². The van der Waals surface area contributed by atoms with Gasteiger partial charge in [-0.15, -0.1) is 0 Å². The molecule has 1 aliphatic rings. The lowest BCUT2D eigenvalue weighted by Gasteiger charge is -2.33. The number of aliphatic hydroxyl groups excluding tert-OH is 1. The number of halogens is 1. The molecule has 0 radical (unpaired) electrons. The molecule has 2 rings (SSSR count). The lowest BCUT2D eigenvalue weighted by molar-refractivity contribution is 0.281. The molecule has 0 amide bonds. The van der Waals surface area contributed by atoms with Crippen molar-refractivity contribution in [3.63, 3.8) is 0 Å². The zero-order chi connectivity index (χ0) is 13.0. The molecule has 0 saturated carbocycles. The molecule has 0 aliphatic carbocycles. The Kier molecular flexibility index (Phi) is 4.90. The zero-order valence-corrected chi connectivity index (χ0v) is 11.8. The van der Waals surface area contributed by atoms with Crippen molar-refractivity contribution in [3.05, 3.63) is 28.8 Å². The fourth-order valence-corrected chi connectivity index (χ4v) is 3.21. The average molecular weight is 268 g/mol. The maximum atomic E-state index is 9.52. The summed E-state index contributed by atoms with van der Waals surface area (Å²) in [6, 6.07) is 6.36. The third kappa shape index (κ3) is 2.81. The van der Waals surface area contributed by atoms with Crippen LogP contribution in [0.5, 0.6) is 0 Å². The van der Waals surface area contributed by atoms with Gasteiger partial charge in [-0.05, 0) is 25.3 Å². The molecule has 0 bridgehead atoms. The van der Waals surface area contributed by atoms with E-state index >= 15 is 0 Å². The highest BCUT2D eigenvalue weighted by molar-refractivity contribution is 6.33. The van der Waals surface area contributed by atoms with Crippen LogP contribution in [-0.2, 0) is 6.61 Å². The number of benzene rings is 1. The summed E-state index contributed by atoms with van der Waals surface area (Å²) in [5.74, 6) is 0. The maximum Gasteiger partial charge on any atom is 0.0702 e. The monoisotopic (exact) mass is 267 g/mol. The van der Waals surface area contributed by atoms with Gasteiger partial charge >= 0.3 is 0 Å². The van der Waals surface area contributed by atoms with Crippen molar-refractivity contribution in [2.24, 2.45) is 0 Å². The SMILES string of the molecule is CCC1CCCCCN1c1c(Cl)cccc1CO. The largest absolute Gasteiger partial charge is 0.392 e. The number of hydrogen-bond acceptors (Lipinski definition) is 2. The molecule has 1 aromatic rings. The number of rotatable bonds is 3. The molecule has 18 heavy (non-hydrogen) atoms. The van der Waals surface area contributed by atoms with Crippen LogP contribution in [0.3, 0.4) is 0 Å². The van der Waals surface area contributed by atoms with E-state index in [4.69, 9.17) is 11.6 Å². The van der Waals surface area contributed by atoms with Crippen LogP contribution in [0.15, 0.2) is 18.2 Å². The first-order valence-corrected chi connectivity index (χ1v) is 7.30. The Hall–Kier alpha value is -0.730. The van der Waals surface area contributed by atoms with E-state index in [1.807, 2.05) is 18.2 Å². The van der Waals surface area contributed by atoms with E-state index in [1.165, 1.54) is 25.7 Å². The summed E-state index contributed by atoms with van der Waals surface area (Å²) in [7, 11) is 0. The van der Waals surface area contributed by atoms with E-state index < -0.39 is 0 Å². The first-order chi connectivity index (χ1) is 8.77. The molecule has 1 saturated heterocycles. The molecular formula is C15H22ClNO. The zero-order valence-electron chi connectivity index (χ0n) is 11.0. The van der Waals surface area contributed by atoms with Crippen LogP contribution in [0.2, 0.25) is 5.02 Å². The van der Waals surface area contributed by atoms with Crippen LogP contribution >= 0.6 is 11.6 Å². The van der Waals surface area contributed by atoms with E-state index in [2.05, 4.69) is 11.8 Å². The van der Waals surface area contributed by atoms with Gasteiger partial charge in [0.05, 0.1) is 17.3 Å². The van der Waals surface area contributed by atoms with Crippen LogP contribution in [0.25, 0.3) is 0 Å². The number of para-hydroxylation sites is 1. The molecule has 100 valence electrons. The molecule has 3 heteroatoms. The molecule has 0 spiro atoms. The maximum absolute atomic E-state index is 9.52. The molecule has 1 heterocycles. The summed E-state index contributed by atoms with van der Waals surface area (Å²) < 4.78 is 0. The number of hydrogen-bond donors (Lipinski definition) is 1. The van der Waals surface area contributed by atoms with Gasteiger partial charge in [0.1, 0.15) is 0 Å². The van der Waals surface area contributed by atoms with Gasteiger partial charge in [0.25, 0.3) is 0 Å². The Morgan fingerprint density at radius 3 is 2.89 bits per heavy atom. The first kappa shape index (κ1) is 13.7. The van der Waals surface area contributed by atoms with Crippen molar-refractivity contribution >= 4 is 17.3 Å². The van der Waals surface area contributed by atoms with Crippen LogP contribution in [-0.4, -0.2) is 17.7 Å². The summed E-state index contributed by atoms with van der Waals surface area (Å²) >= 11 is 6.36. The molecule has 1 fully saturated rings. The van der Waals surface area contributed by atoms with Crippen molar-refractivity contribution in [2.75, 3.05) is 11.4 Å². The summed E-state index contributed by atoms with van der Waals surface area (Å²) in [6.07, 6.45) is 6.18. The predicted octanol–water partition coefficient (Wildman–Crippen LogP) is 3.99. The number of aliphatic hydroxyl groups is 1. The second-order valence-electron chi connectivity index (χ2n) is 5.01. The fourth-order valence-electron chi connectivity index (χ4n) is 2.91. The second-order valence-corrected chi connectivity index (χ2v) is 5.42. The predicted molar refractivity (Wildman–Crippen MR) is 77.3 cm³/mol. The molecule has 1 aliphatic heterocycles. The highest BCUT2D eigenvalue weighted by Crippen LogP contribution is 2.34. The summed E-state index contributed by atoms with van der Waals surface area (Å²) in [6.45, 7) is 3.34. The Balaban J connectivity index is 2.37. The minimum Gasteiger partial charge on any atom is -0.392 e. The lowest BCUT2D eigenvalue weighted by atomic mass is 10.1. The van der Waals surface area contributed by atoms with Crippen LogP contribution in [0, 0.1) is 0 Å². The van der Waals surface area contributed by atoms with Crippen LogP contribution in [0.4, 0.5) is 5.69 Å². The summed E-state index contributed by atoms with van der Waals surface area (Å²) in [5.41, 5.74) is 2.00. The fraction of sp³-hybridized carbons (Fsp3) is 0.600. The number of nitrogens with zero attached hydrogens (tertiary/aromatic N) is 1. The Bertz CT molecular complexity index is 394. The van der Waals surface area contributed by atoms with Gasteiger partial charge in [-0.25, -0.2) is 0 Å². The third-order valence-electron chi connectivity index (χ3n) is 3.88. The van der Waals surface area contributed by atoms with Gasteiger partial charge < -0.3 is 10.0 Å². The third-order valence-corrected chi connectivity index (χ3v) is 4.18. The van der Waals surface area contributed by atoms with Gasteiger partial charge in [0.15, 0.2) is 0 Å². The van der Waals surface area contributed by atoms with E-state index in [-0.39, 0.29) is 6.61 Å². The van der Waals surface area contributed by atoms with Gasteiger partial charge in [0, 0.05) is 18.2 Å². The second kappa shape index (κ2) is 6.44. The van der Waals surface area contributed by atoms with Crippen molar-refractivity contribution in [3.8, 4) is 0 Å². The highest BCUT2D eigenvalue weighted by atomic mass is 35.5. The van der Waals surface area contributed by atoms with E-state index in [1.54, 1.807) is 0 Å². The van der Waals surface area contributed by atoms with Gasteiger partial charge in [-0.3, -0.25) is 0 Å². The topological polar surface area (TPSA) is 23.5 Å². The van der Waals surface area contributed by atoms with Crippen molar-refractivity contribution in [1.82, 2.24) is 0 Å². The molecule has 0 aromatic heterocycles. The lowest BCUT2D eigenvalue weighted by Crippen LogP contribution is -2.35.